The lowest BCUT2D eigenvalue weighted by atomic mass is 9.86. The van der Waals surface area contributed by atoms with Crippen molar-refractivity contribution < 1.29 is 4.79 Å². The van der Waals surface area contributed by atoms with Crippen LogP contribution >= 0.6 is 0 Å². The molecule has 2 heteroatoms. The molecule has 1 N–H and O–H groups in total. The van der Waals surface area contributed by atoms with Crippen molar-refractivity contribution in [2.45, 2.75) is 33.6 Å². The van der Waals surface area contributed by atoms with Crippen LogP contribution in [0.1, 0.15) is 39.9 Å². The maximum atomic E-state index is 12.5. The lowest BCUT2D eigenvalue weighted by Crippen LogP contribution is -2.32. The van der Waals surface area contributed by atoms with Gasteiger partial charge in [0.2, 0.25) is 0 Å². The first-order valence-corrected chi connectivity index (χ1v) is 6.42. The SMILES string of the molecule is Cc1cc(C)c(C(=O)C2CCNCC2)cc1C. The second-order valence-corrected chi connectivity index (χ2v) is 5.14. The number of hydrogen-bond acceptors (Lipinski definition) is 2. The van der Waals surface area contributed by atoms with Gasteiger partial charge in [-0.3, -0.25) is 4.79 Å². The molecule has 1 aromatic carbocycles. The molecular formula is C15H21NO. The summed E-state index contributed by atoms with van der Waals surface area (Å²) in [5, 5.41) is 3.30. The summed E-state index contributed by atoms with van der Waals surface area (Å²) < 4.78 is 0. The van der Waals surface area contributed by atoms with Gasteiger partial charge in [-0.05, 0) is 69.5 Å². The number of rotatable bonds is 2. The van der Waals surface area contributed by atoms with E-state index in [9.17, 15) is 4.79 Å². The molecule has 1 heterocycles. The number of Topliss-reactive ketones (excluding diaryl/α,β-unsaturated/α-hetero) is 1. The first-order valence-electron chi connectivity index (χ1n) is 6.42. The molecular weight excluding hydrogens is 210 g/mol. The Bertz CT molecular complexity index is 431. The number of carbonyl (C=O) groups excluding carboxylic acids is 1. The minimum absolute atomic E-state index is 0.219. The number of benzene rings is 1. The Balaban J connectivity index is 2.26. The molecule has 0 bridgehead atoms. The second kappa shape index (κ2) is 5.01. The van der Waals surface area contributed by atoms with Crippen LogP contribution in [-0.2, 0) is 0 Å². The quantitative estimate of drug-likeness (QED) is 0.793. The largest absolute Gasteiger partial charge is 0.317 e. The molecule has 2 nitrogen and oxygen atoms in total. The number of nitrogens with one attached hydrogen (secondary N) is 1. The Labute approximate surface area is 103 Å². The number of aryl methyl sites for hydroxylation is 3. The molecule has 1 fully saturated rings. The maximum Gasteiger partial charge on any atom is 0.166 e. The van der Waals surface area contributed by atoms with Gasteiger partial charge < -0.3 is 5.32 Å². The van der Waals surface area contributed by atoms with Gasteiger partial charge in [0.05, 0.1) is 0 Å². The zero-order valence-corrected chi connectivity index (χ0v) is 11.0. The highest BCUT2D eigenvalue weighted by atomic mass is 16.1. The van der Waals surface area contributed by atoms with Gasteiger partial charge in [0.25, 0.3) is 0 Å². The van der Waals surface area contributed by atoms with Gasteiger partial charge in [-0.15, -0.1) is 0 Å². The van der Waals surface area contributed by atoms with Crippen molar-refractivity contribution in [3.8, 4) is 0 Å². The molecule has 0 radical (unpaired) electrons. The van der Waals surface area contributed by atoms with E-state index in [1.54, 1.807) is 0 Å². The van der Waals surface area contributed by atoms with E-state index in [4.69, 9.17) is 0 Å². The monoisotopic (exact) mass is 231 g/mol. The van der Waals surface area contributed by atoms with Gasteiger partial charge in [-0.25, -0.2) is 0 Å². The number of carbonyl (C=O) groups is 1. The third-order valence-electron chi connectivity index (χ3n) is 3.82. The molecule has 0 aromatic heterocycles. The van der Waals surface area contributed by atoms with Crippen LogP contribution in [0.5, 0.6) is 0 Å². The van der Waals surface area contributed by atoms with Crippen molar-refractivity contribution in [2.75, 3.05) is 13.1 Å². The molecule has 0 unspecified atom stereocenters. The minimum Gasteiger partial charge on any atom is -0.317 e. The van der Waals surface area contributed by atoms with E-state index in [1.807, 2.05) is 6.92 Å². The zero-order chi connectivity index (χ0) is 12.4. The molecule has 1 saturated heterocycles. The maximum absolute atomic E-state index is 12.5. The summed E-state index contributed by atoms with van der Waals surface area (Å²) in [6.45, 7) is 8.16. The van der Waals surface area contributed by atoms with E-state index in [1.165, 1.54) is 11.1 Å². The Morgan fingerprint density at radius 3 is 2.29 bits per heavy atom. The predicted molar refractivity (Wildman–Crippen MR) is 70.6 cm³/mol. The summed E-state index contributed by atoms with van der Waals surface area (Å²) in [6.07, 6.45) is 1.95. The van der Waals surface area contributed by atoms with E-state index in [0.717, 1.165) is 37.1 Å². The van der Waals surface area contributed by atoms with Gasteiger partial charge in [0.1, 0.15) is 0 Å². The van der Waals surface area contributed by atoms with E-state index in [0.29, 0.717) is 5.78 Å². The summed E-state index contributed by atoms with van der Waals surface area (Å²) in [5.41, 5.74) is 4.54. The summed E-state index contributed by atoms with van der Waals surface area (Å²) in [7, 11) is 0. The van der Waals surface area contributed by atoms with Gasteiger partial charge in [-0.2, -0.15) is 0 Å². The second-order valence-electron chi connectivity index (χ2n) is 5.14. The molecule has 0 aliphatic carbocycles. The van der Waals surface area contributed by atoms with Gasteiger partial charge >= 0.3 is 0 Å². The molecule has 2 rings (SSSR count). The van der Waals surface area contributed by atoms with Crippen molar-refractivity contribution in [3.63, 3.8) is 0 Å². The fraction of sp³-hybridized carbons (Fsp3) is 0.533. The Morgan fingerprint density at radius 1 is 1.06 bits per heavy atom. The summed E-state index contributed by atoms with van der Waals surface area (Å²) in [4.78, 5) is 12.5. The van der Waals surface area contributed by atoms with Crippen LogP contribution in [-0.4, -0.2) is 18.9 Å². The van der Waals surface area contributed by atoms with Crippen LogP contribution < -0.4 is 5.32 Å². The molecule has 0 atom stereocenters. The molecule has 1 aliphatic heterocycles. The summed E-state index contributed by atoms with van der Waals surface area (Å²) in [5.74, 6) is 0.559. The topological polar surface area (TPSA) is 29.1 Å². The fourth-order valence-electron chi connectivity index (χ4n) is 2.53. The first-order chi connectivity index (χ1) is 8.09. The first kappa shape index (κ1) is 12.3. The molecule has 0 spiro atoms. The van der Waals surface area contributed by atoms with Gasteiger partial charge in [-0.1, -0.05) is 6.07 Å². The van der Waals surface area contributed by atoms with Crippen LogP contribution in [0.4, 0.5) is 0 Å². The van der Waals surface area contributed by atoms with Crippen LogP contribution in [0.3, 0.4) is 0 Å². The third kappa shape index (κ3) is 2.58. The molecule has 0 amide bonds. The lowest BCUT2D eigenvalue weighted by Gasteiger charge is -2.22. The highest BCUT2D eigenvalue weighted by molar-refractivity contribution is 5.99. The molecule has 92 valence electrons. The van der Waals surface area contributed by atoms with Crippen molar-refractivity contribution in [1.82, 2.24) is 5.32 Å². The number of hydrogen-bond donors (Lipinski definition) is 1. The molecule has 17 heavy (non-hydrogen) atoms. The highest BCUT2D eigenvalue weighted by Gasteiger charge is 2.23. The summed E-state index contributed by atoms with van der Waals surface area (Å²) in [6, 6.07) is 4.19. The Morgan fingerprint density at radius 2 is 1.65 bits per heavy atom. The van der Waals surface area contributed by atoms with Crippen LogP contribution in [0.15, 0.2) is 12.1 Å². The molecule has 1 aliphatic rings. The Kier molecular flexibility index (Phi) is 3.63. The lowest BCUT2D eigenvalue weighted by molar-refractivity contribution is 0.0894. The molecule has 0 saturated carbocycles. The normalized spacial score (nSPS) is 17.1. The van der Waals surface area contributed by atoms with Gasteiger partial charge in [0.15, 0.2) is 5.78 Å². The van der Waals surface area contributed by atoms with E-state index in [-0.39, 0.29) is 5.92 Å². The van der Waals surface area contributed by atoms with Crippen LogP contribution in [0.2, 0.25) is 0 Å². The molecule has 1 aromatic rings. The predicted octanol–water partition coefficient (Wildman–Crippen LogP) is 2.79. The van der Waals surface area contributed by atoms with E-state index in [2.05, 4.69) is 31.3 Å². The fourth-order valence-corrected chi connectivity index (χ4v) is 2.53. The Hall–Kier alpha value is -1.15. The van der Waals surface area contributed by atoms with Crippen molar-refractivity contribution in [3.05, 3.63) is 34.4 Å². The third-order valence-corrected chi connectivity index (χ3v) is 3.82. The van der Waals surface area contributed by atoms with Crippen molar-refractivity contribution in [2.24, 2.45) is 5.92 Å². The van der Waals surface area contributed by atoms with Crippen molar-refractivity contribution >= 4 is 5.78 Å². The average Bonchev–Trinajstić information content (AvgIpc) is 2.34. The zero-order valence-electron chi connectivity index (χ0n) is 11.0. The van der Waals surface area contributed by atoms with Crippen molar-refractivity contribution in [1.29, 1.82) is 0 Å². The van der Waals surface area contributed by atoms with E-state index >= 15 is 0 Å². The summed E-state index contributed by atoms with van der Waals surface area (Å²) >= 11 is 0. The number of ketones is 1. The van der Waals surface area contributed by atoms with Crippen LogP contribution in [0.25, 0.3) is 0 Å². The average molecular weight is 231 g/mol. The smallest absolute Gasteiger partial charge is 0.166 e. The van der Waals surface area contributed by atoms with Crippen LogP contribution in [0, 0.1) is 26.7 Å². The van der Waals surface area contributed by atoms with E-state index < -0.39 is 0 Å². The standard InChI is InChI=1S/C15H21NO/c1-10-8-12(3)14(9-11(10)2)15(17)13-4-6-16-7-5-13/h8-9,13,16H,4-7H2,1-3H3. The number of piperidine rings is 1. The van der Waals surface area contributed by atoms with Gasteiger partial charge in [0, 0.05) is 11.5 Å². The highest BCUT2D eigenvalue weighted by Crippen LogP contribution is 2.22. The minimum atomic E-state index is 0.219.